The van der Waals surface area contributed by atoms with Crippen LogP contribution in [-0.4, -0.2) is 27.7 Å². The summed E-state index contributed by atoms with van der Waals surface area (Å²) in [6.45, 7) is 4.46. The van der Waals surface area contributed by atoms with Gasteiger partial charge in [0.25, 0.3) is 5.91 Å². The van der Waals surface area contributed by atoms with Gasteiger partial charge in [0.1, 0.15) is 5.76 Å². The number of aromatic nitrogens is 2. The van der Waals surface area contributed by atoms with Crippen LogP contribution in [0.1, 0.15) is 46.4 Å². The lowest BCUT2D eigenvalue weighted by molar-refractivity contribution is 0.0724. The Bertz CT molecular complexity index is 926. The molecule has 134 valence electrons. The van der Waals surface area contributed by atoms with E-state index >= 15 is 0 Å². The molecule has 0 N–H and O–H groups in total. The molecular weight excluding hydrogens is 354 g/mol. The van der Waals surface area contributed by atoms with Crippen molar-refractivity contribution in [2.45, 2.75) is 32.7 Å². The van der Waals surface area contributed by atoms with E-state index < -0.39 is 0 Å². The molecule has 3 heterocycles. The van der Waals surface area contributed by atoms with Gasteiger partial charge in [-0.3, -0.25) is 4.79 Å². The summed E-state index contributed by atoms with van der Waals surface area (Å²) >= 11 is 5.91. The molecule has 2 aromatic heterocycles. The molecule has 4 rings (SSSR count). The first-order valence-corrected chi connectivity index (χ1v) is 8.89. The molecule has 1 aliphatic heterocycles. The molecule has 6 nitrogen and oxygen atoms in total. The highest BCUT2D eigenvalue weighted by Crippen LogP contribution is 2.36. The SMILES string of the molecule is Cc1noc(C)c1[C@H]1CCCN1C(=O)c1cc(-c2ccc(Cl)cc2)on1. The van der Waals surface area contributed by atoms with E-state index in [9.17, 15) is 4.79 Å². The van der Waals surface area contributed by atoms with Crippen molar-refractivity contribution in [3.8, 4) is 11.3 Å². The van der Waals surface area contributed by atoms with Gasteiger partial charge in [0.2, 0.25) is 0 Å². The molecule has 0 radical (unpaired) electrons. The predicted molar refractivity (Wildman–Crippen MR) is 95.9 cm³/mol. The van der Waals surface area contributed by atoms with Crippen LogP contribution in [0.3, 0.4) is 0 Å². The number of hydrogen-bond acceptors (Lipinski definition) is 5. The Labute approximate surface area is 155 Å². The molecule has 7 heteroatoms. The number of likely N-dealkylation sites (tertiary alicyclic amines) is 1. The minimum absolute atomic E-state index is 0.0376. The number of halogens is 1. The van der Waals surface area contributed by atoms with Gasteiger partial charge in [0, 0.05) is 28.8 Å². The quantitative estimate of drug-likeness (QED) is 0.673. The second-order valence-corrected chi connectivity index (χ2v) is 6.91. The van der Waals surface area contributed by atoms with Gasteiger partial charge in [0.05, 0.1) is 11.7 Å². The maximum absolute atomic E-state index is 13.0. The van der Waals surface area contributed by atoms with Crippen LogP contribution in [0.15, 0.2) is 39.4 Å². The summed E-state index contributed by atoms with van der Waals surface area (Å²) in [5.74, 6) is 1.16. The van der Waals surface area contributed by atoms with Crippen LogP contribution in [-0.2, 0) is 0 Å². The fourth-order valence-corrected chi connectivity index (χ4v) is 3.68. The predicted octanol–water partition coefficient (Wildman–Crippen LogP) is 4.58. The van der Waals surface area contributed by atoms with Crippen molar-refractivity contribution in [3.63, 3.8) is 0 Å². The monoisotopic (exact) mass is 371 g/mol. The number of carbonyl (C=O) groups is 1. The van der Waals surface area contributed by atoms with Crippen molar-refractivity contribution in [3.05, 3.63) is 58.1 Å². The van der Waals surface area contributed by atoms with Crippen molar-refractivity contribution in [2.75, 3.05) is 6.54 Å². The topological polar surface area (TPSA) is 72.4 Å². The fraction of sp³-hybridized carbons (Fsp3) is 0.316. The summed E-state index contributed by atoms with van der Waals surface area (Å²) in [5.41, 5.74) is 2.95. The van der Waals surface area contributed by atoms with Crippen molar-refractivity contribution >= 4 is 17.5 Å². The molecule has 0 aliphatic carbocycles. The van der Waals surface area contributed by atoms with Crippen molar-refractivity contribution < 1.29 is 13.8 Å². The number of nitrogens with zero attached hydrogens (tertiary/aromatic N) is 3. The lowest BCUT2D eigenvalue weighted by Crippen LogP contribution is -2.31. The molecule has 1 atom stereocenters. The zero-order chi connectivity index (χ0) is 18.3. The molecule has 3 aromatic rings. The molecule has 1 saturated heterocycles. The van der Waals surface area contributed by atoms with Crippen LogP contribution in [0, 0.1) is 13.8 Å². The maximum Gasteiger partial charge on any atom is 0.276 e. The number of aryl methyl sites for hydroxylation is 2. The van der Waals surface area contributed by atoms with E-state index in [0.717, 1.165) is 35.4 Å². The van der Waals surface area contributed by atoms with Crippen molar-refractivity contribution in [2.24, 2.45) is 0 Å². The second-order valence-electron chi connectivity index (χ2n) is 6.48. The minimum atomic E-state index is -0.142. The van der Waals surface area contributed by atoms with Gasteiger partial charge in [0.15, 0.2) is 11.5 Å². The Morgan fingerprint density at radius 1 is 1.19 bits per heavy atom. The van der Waals surface area contributed by atoms with Gasteiger partial charge in [-0.25, -0.2) is 0 Å². The van der Waals surface area contributed by atoms with E-state index in [1.165, 1.54) is 0 Å². The average Bonchev–Trinajstić information content (AvgIpc) is 3.35. The molecule has 0 bridgehead atoms. The van der Waals surface area contributed by atoms with Gasteiger partial charge in [-0.15, -0.1) is 0 Å². The third kappa shape index (κ3) is 2.90. The zero-order valence-electron chi connectivity index (χ0n) is 14.5. The molecule has 1 fully saturated rings. The molecule has 1 aromatic carbocycles. The van der Waals surface area contributed by atoms with Crippen molar-refractivity contribution in [1.82, 2.24) is 15.2 Å². The molecule has 0 unspecified atom stereocenters. The summed E-state index contributed by atoms with van der Waals surface area (Å²) in [4.78, 5) is 14.8. The Balaban J connectivity index is 1.60. The van der Waals surface area contributed by atoms with E-state index in [0.29, 0.717) is 23.0 Å². The zero-order valence-corrected chi connectivity index (χ0v) is 15.3. The Morgan fingerprint density at radius 3 is 2.65 bits per heavy atom. The first-order valence-electron chi connectivity index (χ1n) is 8.51. The van der Waals surface area contributed by atoms with Gasteiger partial charge >= 0.3 is 0 Å². The lowest BCUT2D eigenvalue weighted by Gasteiger charge is -2.23. The Kier molecular flexibility index (Phi) is 4.28. The summed E-state index contributed by atoms with van der Waals surface area (Å²) in [5, 5.41) is 8.64. The highest BCUT2D eigenvalue weighted by molar-refractivity contribution is 6.30. The molecule has 0 saturated carbocycles. The maximum atomic E-state index is 13.0. The molecule has 1 amide bonds. The van der Waals surface area contributed by atoms with Crippen LogP contribution < -0.4 is 0 Å². The van der Waals surface area contributed by atoms with Crippen LogP contribution in [0.5, 0.6) is 0 Å². The lowest BCUT2D eigenvalue weighted by atomic mass is 10.0. The second kappa shape index (κ2) is 6.61. The highest BCUT2D eigenvalue weighted by atomic mass is 35.5. The summed E-state index contributed by atoms with van der Waals surface area (Å²) < 4.78 is 10.7. The van der Waals surface area contributed by atoms with Gasteiger partial charge < -0.3 is 13.9 Å². The largest absolute Gasteiger partial charge is 0.361 e. The van der Waals surface area contributed by atoms with Crippen LogP contribution in [0.2, 0.25) is 5.02 Å². The number of carbonyl (C=O) groups excluding carboxylic acids is 1. The van der Waals surface area contributed by atoms with Gasteiger partial charge in [-0.1, -0.05) is 21.9 Å². The Morgan fingerprint density at radius 2 is 1.96 bits per heavy atom. The number of benzene rings is 1. The number of rotatable bonds is 3. The molecule has 1 aliphatic rings. The molecular formula is C19H18ClN3O3. The average molecular weight is 372 g/mol. The third-order valence-electron chi connectivity index (χ3n) is 4.79. The van der Waals surface area contributed by atoms with E-state index in [1.807, 2.05) is 30.9 Å². The number of hydrogen-bond donors (Lipinski definition) is 0. The molecule has 0 spiro atoms. The van der Waals surface area contributed by atoms with E-state index in [4.69, 9.17) is 20.6 Å². The van der Waals surface area contributed by atoms with Crippen LogP contribution in [0.25, 0.3) is 11.3 Å². The first kappa shape index (κ1) is 16.8. The van der Waals surface area contributed by atoms with E-state index in [-0.39, 0.29) is 11.9 Å². The first-order chi connectivity index (χ1) is 12.5. The summed E-state index contributed by atoms with van der Waals surface area (Å²) in [7, 11) is 0. The third-order valence-corrected chi connectivity index (χ3v) is 5.05. The minimum Gasteiger partial charge on any atom is -0.361 e. The van der Waals surface area contributed by atoms with Crippen LogP contribution in [0.4, 0.5) is 0 Å². The van der Waals surface area contributed by atoms with Gasteiger partial charge in [-0.05, 0) is 51.0 Å². The fourth-order valence-electron chi connectivity index (χ4n) is 3.55. The van der Waals surface area contributed by atoms with E-state index in [1.54, 1.807) is 18.2 Å². The van der Waals surface area contributed by atoms with Crippen molar-refractivity contribution in [1.29, 1.82) is 0 Å². The summed E-state index contributed by atoms with van der Waals surface area (Å²) in [6.07, 6.45) is 1.82. The summed E-state index contributed by atoms with van der Waals surface area (Å²) in [6, 6.07) is 8.85. The smallest absolute Gasteiger partial charge is 0.276 e. The normalized spacial score (nSPS) is 17.0. The molecule has 26 heavy (non-hydrogen) atoms. The highest BCUT2D eigenvalue weighted by Gasteiger charge is 2.35. The van der Waals surface area contributed by atoms with Gasteiger partial charge in [-0.2, -0.15) is 0 Å². The standard InChI is InChI=1S/C19H18ClN3O3/c1-11-18(12(2)25-21-11)16-4-3-9-23(16)19(24)15-10-17(26-22-15)13-5-7-14(20)8-6-13/h5-8,10,16H,3-4,9H2,1-2H3/t16-/m1/s1. The Hall–Kier alpha value is -2.60. The number of amides is 1. The van der Waals surface area contributed by atoms with E-state index in [2.05, 4.69) is 10.3 Å². The van der Waals surface area contributed by atoms with Crippen LogP contribution >= 0.6 is 11.6 Å².